The van der Waals surface area contributed by atoms with E-state index in [1.54, 1.807) is 0 Å². The smallest absolute Gasteiger partial charge is 0.323 e. The Morgan fingerprint density at radius 2 is 2.38 bits per heavy atom. The summed E-state index contributed by atoms with van der Waals surface area (Å²) in [6.45, 7) is 4.47. The summed E-state index contributed by atoms with van der Waals surface area (Å²) in [6, 6.07) is 0. The van der Waals surface area contributed by atoms with Crippen LogP contribution in [0.5, 0.6) is 0 Å². The molecule has 0 aliphatic carbocycles. The fourth-order valence-electron chi connectivity index (χ4n) is 0.935. The number of nitrogens with zero attached hydrogens (tertiary/aromatic N) is 1. The van der Waals surface area contributed by atoms with E-state index in [0.717, 1.165) is 6.54 Å². The maximum absolute atomic E-state index is 11.3. The van der Waals surface area contributed by atoms with Crippen molar-refractivity contribution in [3.05, 3.63) is 12.3 Å². The summed E-state index contributed by atoms with van der Waals surface area (Å²) in [7, 11) is 1.40. The Morgan fingerprint density at radius 1 is 1.69 bits per heavy atom. The summed E-state index contributed by atoms with van der Waals surface area (Å²) in [4.78, 5) is 11.3. The molecule has 5 heteroatoms. The molecule has 13 heavy (non-hydrogen) atoms. The van der Waals surface area contributed by atoms with Crippen molar-refractivity contribution < 1.29 is 9.53 Å². The molecule has 0 atom stereocenters. The van der Waals surface area contributed by atoms with Gasteiger partial charge in [-0.25, -0.2) is 5.43 Å². The van der Waals surface area contributed by atoms with Gasteiger partial charge in [-0.3, -0.25) is 9.21 Å². The molecule has 0 fully saturated rings. The number of hydrogen-bond donors (Lipinski definition) is 1. The van der Waals surface area contributed by atoms with E-state index in [4.69, 9.17) is 0 Å². The molecule has 0 saturated carbocycles. The van der Waals surface area contributed by atoms with Gasteiger partial charge in [0.25, 0.3) is 0 Å². The van der Waals surface area contributed by atoms with Gasteiger partial charge in [0, 0.05) is 12.7 Å². The lowest BCUT2D eigenvalue weighted by atomic mass is 10.2. The van der Waals surface area contributed by atoms with Gasteiger partial charge >= 0.3 is 5.97 Å². The molecule has 0 amide bonds. The lowest BCUT2D eigenvalue weighted by Crippen LogP contribution is -2.35. The number of rotatable bonds is 3. The van der Waals surface area contributed by atoms with Crippen molar-refractivity contribution in [3.8, 4) is 0 Å². The number of methoxy groups -OCH3 is 1. The van der Waals surface area contributed by atoms with Crippen LogP contribution in [0, 0.1) is 0 Å². The lowest BCUT2D eigenvalue weighted by Gasteiger charge is -2.25. The van der Waals surface area contributed by atoms with Gasteiger partial charge in [0.15, 0.2) is 0 Å². The Balaban J connectivity index is 2.50. The van der Waals surface area contributed by atoms with E-state index >= 15 is 0 Å². The zero-order chi connectivity index (χ0) is 9.90. The normalized spacial score (nSPS) is 16.4. The van der Waals surface area contributed by atoms with Crippen molar-refractivity contribution in [2.45, 2.75) is 18.6 Å². The molecule has 0 saturated heterocycles. The standard InChI is InChI=1S/C8H14N2O2S/c1-8(2,7(11)12-3)13-10-6-4-5-9-10/h4,6,9H,5H2,1-3H3. The van der Waals surface area contributed by atoms with Crippen LogP contribution in [0.2, 0.25) is 0 Å². The topological polar surface area (TPSA) is 41.6 Å². The Kier molecular flexibility index (Phi) is 3.22. The van der Waals surface area contributed by atoms with Crippen molar-refractivity contribution in [2.24, 2.45) is 0 Å². The molecule has 4 nitrogen and oxygen atoms in total. The average Bonchev–Trinajstić information content (AvgIpc) is 2.54. The SMILES string of the molecule is COC(=O)C(C)(C)SN1C=CCN1. The quantitative estimate of drug-likeness (QED) is 0.544. The third-order valence-electron chi connectivity index (χ3n) is 1.61. The first-order valence-corrected chi connectivity index (χ1v) is 4.80. The van der Waals surface area contributed by atoms with Gasteiger partial charge in [-0.05, 0) is 25.8 Å². The number of carbonyl (C=O) groups excluding carboxylic acids is 1. The second-order valence-corrected chi connectivity index (χ2v) is 4.76. The first-order chi connectivity index (χ1) is 6.06. The summed E-state index contributed by atoms with van der Waals surface area (Å²) in [5, 5.41) is 0. The van der Waals surface area contributed by atoms with Gasteiger partial charge in [-0.2, -0.15) is 0 Å². The van der Waals surface area contributed by atoms with Gasteiger partial charge in [0.1, 0.15) is 4.75 Å². The third kappa shape index (κ3) is 2.63. The summed E-state index contributed by atoms with van der Waals surface area (Å²) < 4.78 is 5.94. The minimum Gasteiger partial charge on any atom is -0.468 e. The molecule has 74 valence electrons. The first kappa shape index (κ1) is 10.4. The Hall–Kier alpha value is -0.680. The summed E-state index contributed by atoms with van der Waals surface area (Å²) in [6.07, 6.45) is 3.88. The van der Waals surface area contributed by atoms with Crippen molar-refractivity contribution in [1.29, 1.82) is 0 Å². The lowest BCUT2D eigenvalue weighted by molar-refractivity contribution is -0.142. The van der Waals surface area contributed by atoms with Crippen LogP contribution < -0.4 is 5.43 Å². The van der Waals surface area contributed by atoms with Gasteiger partial charge < -0.3 is 4.74 Å². The number of ether oxygens (including phenoxy) is 1. The Morgan fingerprint density at radius 3 is 2.85 bits per heavy atom. The summed E-state index contributed by atoms with van der Waals surface area (Å²) in [5.41, 5.74) is 3.07. The molecule has 0 radical (unpaired) electrons. The highest BCUT2D eigenvalue weighted by Gasteiger charge is 2.32. The maximum Gasteiger partial charge on any atom is 0.323 e. The fraction of sp³-hybridized carbons (Fsp3) is 0.625. The zero-order valence-corrected chi connectivity index (χ0v) is 8.85. The summed E-state index contributed by atoms with van der Waals surface area (Å²) >= 11 is 1.40. The molecule has 0 bridgehead atoms. The molecule has 0 unspecified atom stereocenters. The molecule has 0 aromatic carbocycles. The molecule has 1 N–H and O–H groups in total. The average molecular weight is 202 g/mol. The molecule has 1 aliphatic heterocycles. The molecule has 0 spiro atoms. The van der Waals surface area contributed by atoms with E-state index < -0.39 is 4.75 Å². The van der Waals surface area contributed by atoms with E-state index in [-0.39, 0.29) is 5.97 Å². The zero-order valence-electron chi connectivity index (χ0n) is 8.03. The van der Waals surface area contributed by atoms with Gasteiger partial charge in [-0.1, -0.05) is 6.08 Å². The number of nitrogens with one attached hydrogen (secondary N) is 1. The second kappa shape index (κ2) is 4.02. The molecule has 1 rings (SSSR count). The number of carbonyl (C=O) groups is 1. The Labute approximate surface area is 82.4 Å². The van der Waals surface area contributed by atoms with Gasteiger partial charge in [-0.15, -0.1) is 0 Å². The second-order valence-electron chi connectivity index (χ2n) is 3.17. The van der Waals surface area contributed by atoms with Crippen LogP contribution in [0.3, 0.4) is 0 Å². The van der Waals surface area contributed by atoms with Gasteiger partial charge in [0.05, 0.1) is 7.11 Å². The van der Waals surface area contributed by atoms with Crippen LogP contribution in [-0.4, -0.2) is 28.8 Å². The minimum atomic E-state index is -0.559. The molecular weight excluding hydrogens is 188 g/mol. The molecule has 1 aliphatic rings. The number of hydrogen-bond acceptors (Lipinski definition) is 5. The largest absolute Gasteiger partial charge is 0.468 e. The first-order valence-electron chi connectivity index (χ1n) is 4.03. The van der Waals surface area contributed by atoms with Crippen molar-refractivity contribution in [2.75, 3.05) is 13.7 Å². The van der Waals surface area contributed by atoms with Crippen LogP contribution in [-0.2, 0) is 9.53 Å². The highest BCUT2D eigenvalue weighted by molar-refractivity contribution is 7.99. The van der Waals surface area contributed by atoms with Gasteiger partial charge in [0.2, 0.25) is 0 Å². The molecular formula is C8H14N2O2S. The third-order valence-corrected chi connectivity index (χ3v) is 2.68. The van der Waals surface area contributed by atoms with Crippen molar-refractivity contribution in [3.63, 3.8) is 0 Å². The van der Waals surface area contributed by atoms with E-state index in [0.29, 0.717) is 0 Å². The fourth-order valence-corrected chi connectivity index (χ4v) is 1.87. The van der Waals surface area contributed by atoms with Crippen LogP contribution in [0.15, 0.2) is 12.3 Å². The monoisotopic (exact) mass is 202 g/mol. The predicted octanol–water partition coefficient (Wildman–Crippen LogP) is 0.920. The van der Waals surface area contributed by atoms with E-state index in [2.05, 4.69) is 10.2 Å². The van der Waals surface area contributed by atoms with Crippen molar-refractivity contribution >= 4 is 17.9 Å². The summed E-state index contributed by atoms with van der Waals surface area (Å²) in [5.74, 6) is -0.223. The van der Waals surface area contributed by atoms with Crippen LogP contribution in [0.25, 0.3) is 0 Å². The molecule has 1 heterocycles. The van der Waals surface area contributed by atoms with Crippen molar-refractivity contribution in [1.82, 2.24) is 9.84 Å². The highest BCUT2D eigenvalue weighted by Crippen LogP contribution is 2.29. The predicted molar refractivity (Wildman–Crippen MR) is 52.7 cm³/mol. The van der Waals surface area contributed by atoms with Crippen LogP contribution in [0.4, 0.5) is 0 Å². The van der Waals surface area contributed by atoms with Crippen LogP contribution >= 0.6 is 11.9 Å². The Bertz CT molecular complexity index is 228. The maximum atomic E-state index is 11.3. The van der Waals surface area contributed by atoms with Crippen LogP contribution in [0.1, 0.15) is 13.8 Å². The number of esters is 1. The van der Waals surface area contributed by atoms with E-state index in [9.17, 15) is 4.79 Å². The van der Waals surface area contributed by atoms with E-state index in [1.165, 1.54) is 19.1 Å². The molecule has 0 aromatic rings. The molecule has 0 aromatic heterocycles. The van der Waals surface area contributed by atoms with E-state index in [1.807, 2.05) is 30.5 Å². The minimum absolute atomic E-state index is 0.223. The highest BCUT2D eigenvalue weighted by atomic mass is 32.2. The number of hydrazine groups is 1.